The first-order chi connectivity index (χ1) is 24.0. The molecule has 9 heteroatoms. The van der Waals surface area contributed by atoms with Crippen molar-refractivity contribution in [3.63, 3.8) is 0 Å². The molecule has 0 bridgehead atoms. The summed E-state index contributed by atoms with van der Waals surface area (Å²) in [6, 6.07) is 0.426. The molecule has 1 aliphatic rings. The molecule has 0 spiro atoms. The topological polar surface area (TPSA) is 82.0 Å². The van der Waals surface area contributed by atoms with Gasteiger partial charge in [0.1, 0.15) is 18.0 Å². The highest BCUT2D eigenvalue weighted by atomic mass is 16.2. The second-order valence-corrected chi connectivity index (χ2v) is 10.8. The molecule has 9 nitrogen and oxygen atoms in total. The molecule has 0 aromatic carbocycles. The number of aryl methyl sites for hydroxylation is 2. The van der Waals surface area contributed by atoms with Crippen LogP contribution in [-0.2, 0) is 13.0 Å². The van der Waals surface area contributed by atoms with Crippen LogP contribution in [0, 0.1) is 0 Å². The molecule has 1 atom stereocenters. The van der Waals surface area contributed by atoms with Crippen molar-refractivity contribution in [2.45, 2.75) is 161 Å². The minimum Gasteiger partial charge on any atom is -0.328 e. The van der Waals surface area contributed by atoms with Gasteiger partial charge in [-0.1, -0.05) is 109 Å². The second kappa shape index (κ2) is 47.8. The third kappa shape index (κ3) is 42.7. The first-order valence-electron chi connectivity index (χ1n) is 19.4. The lowest BCUT2D eigenvalue weighted by Crippen LogP contribution is -2.38. The number of nitrogens with zero attached hydrogens (tertiary/aromatic N) is 8. The van der Waals surface area contributed by atoms with E-state index in [1.807, 2.05) is 50.2 Å². The monoisotopic (exact) mass is 704 g/mol. The minimum absolute atomic E-state index is 0.0880. The van der Waals surface area contributed by atoms with Crippen molar-refractivity contribution in [3.8, 4) is 0 Å². The molecule has 0 radical (unpaired) electrons. The van der Waals surface area contributed by atoms with Crippen LogP contribution in [0.4, 0.5) is 4.79 Å². The molecule has 1 aromatic heterocycles. The Balaban J connectivity index is -0.000000160. The lowest BCUT2D eigenvalue weighted by molar-refractivity contribution is -0.528. The number of carbonyl (C=O) groups excluding carboxylic acids is 1. The van der Waals surface area contributed by atoms with E-state index in [1.165, 1.54) is 25.7 Å². The number of aromatic nitrogens is 3. The second-order valence-electron chi connectivity index (χ2n) is 10.8. The van der Waals surface area contributed by atoms with E-state index in [0.29, 0.717) is 6.04 Å². The zero-order valence-electron chi connectivity index (χ0n) is 35.8. The van der Waals surface area contributed by atoms with E-state index >= 15 is 0 Å². The van der Waals surface area contributed by atoms with Gasteiger partial charge in [0.25, 0.3) is 0 Å². The average Bonchev–Trinajstić information content (AvgIpc) is 3.84. The Kier molecular flexibility index (Phi) is 53.5. The van der Waals surface area contributed by atoms with E-state index in [9.17, 15) is 4.79 Å². The van der Waals surface area contributed by atoms with Crippen LogP contribution in [0.2, 0.25) is 0 Å². The summed E-state index contributed by atoms with van der Waals surface area (Å²) in [4.78, 5) is 14.5. The highest BCUT2D eigenvalue weighted by Gasteiger charge is 2.17. The molecule has 1 aromatic rings. The van der Waals surface area contributed by atoms with Gasteiger partial charge in [0.2, 0.25) is 6.04 Å². The first-order valence-corrected chi connectivity index (χ1v) is 19.4. The fourth-order valence-corrected chi connectivity index (χ4v) is 3.10. The van der Waals surface area contributed by atoms with Crippen LogP contribution in [0.25, 0.3) is 0 Å². The lowest BCUT2D eigenvalue weighted by Gasteiger charge is -2.22. The predicted octanol–water partition coefficient (Wildman–Crippen LogP) is 11.8. The molecule has 1 unspecified atom stereocenters. The molecule has 292 valence electrons. The number of urea groups is 1. The Bertz CT molecular complexity index is 924. The molecule has 50 heavy (non-hydrogen) atoms. The fraction of sp³-hybridized carbons (Fsp3) is 0.707. The van der Waals surface area contributed by atoms with Gasteiger partial charge < -0.3 is 9.80 Å². The van der Waals surface area contributed by atoms with Crippen LogP contribution < -0.4 is 0 Å². The number of carbonyl (C=O) groups is 1. The van der Waals surface area contributed by atoms with Crippen molar-refractivity contribution in [2.24, 2.45) is 10.3 Å². The summed E-state index contributed by atoms with van der Waals surface area (Å²) in [5.41, 5.74) is 1.07. The number of allylic oxidation sites excluding steroid dienone is 8. The molecule has 2 heterocycles. The SMILES string of the molecule is C/C=C/CC.C/C=C\CC.CC/C=C/CC.CC/C=C\CC.CCC1C=[N+](CC)N=N1.CCN(C)C(=O)N(C)CC.CCc1cn(CC)nn1. The number of hydrogen-bond donors (Lipinski definition) is 0. The molecule has 0 aliphatic carbocycles. The average molecular weight is 704 g/mol. The molecule has 1 aliphatic heterocycles. The van der Waals surface area contributed by atoms with Crippen LogP contribution in [0.5, 0.6) is 0 Å². The third-order valence-corrected chi connectivity index (χ3v) is 6.49. The van der Waals surface area contributed by atoms with Crippen molar-refractivity contribution in [1.29, 1.82) is 0 Å². The van der Waals surface area contributed by atoms with E-state index in [0.717, 1.165) is 57.6 Å². The van der Waals surface area contributed by atoms with Crippen LogP contribution in [0.1, 0.15) is 148 Å². The highest BCUT2D eigenvalue weighted by molar-refractivity contribution is 5.73. The number of hydrogen-bond acceptors (Lipinski definition) is 5. The maximum absolute atomic E-state index is 11.2. The van der Waals surface area contributed by atoms with Crippen LogP contribution in [0.3, 0.4) is 0 Å². The summed E-state index contributed by atoms with van der Waals surface area (Å²) >= 11 is 0. The number of rotatable bonds is 12. The minimum atomic E-state index is 0.0880. The fourth-order valence-electron chi connectivity index (χ4n) is 3.10. The van der Waals surface area contributed by atoms with Gasteiger partial charge in [-0.05, 0) is 92.9 Å². The summed E-state index contributed by atoms with van der Waals surface area (Å²) in [7, 11) is 3.60. The predicted molar refractivity (Wildman–Crippen MR) is 223 cm³/mol. The van der Waals surface area contributed by atoms with Gasteiger partial charge in [-0.25, -0.2) is 4.79 Å². The van der Waals surface area contributed by atoms with Crippen LogP contribution in [0.15, 0.2) is 65.1 Å². The summed E-state index contributed by atoms with van der Waals surface area (Å²) in [5, 5.41) is 15.7. The van der Waals surface area contributed by atoms with E-state index < -0.39 is 0 Å². The number of amides is 2. The van der Waals surface area contributed by atoms with Crippen molar-refractivity contribution >= 4 is 12.2 Å². The van der Waals surface area contributed by atoms with Crippen molar-refractivity contribution in [2.75, 3.05) is 33.7 Å². The summed E-state index contributed by atoms with van der Waals surface area (Å²) in [6.45, 7) is 32.5. The molecule has 0 saturated heterocycles. The standard InChI is InChI=1S/C7H16N2O.C6H12N3.C6H11N3.2C6H12.2C5H10/c1-5-8(3)7(10)9(4)6-2;2*1-3-6-5-9(4-2)8-7-6;2*1-3-5-6-4-2;2*1-3-5-4-2/h5-6H2,1-4H3;5-6H,3-4H2,1-2H3;5H,3-4H2,1-2H3;2*5-6H,3-4H2,1-2H3;2*3,5H,4H2,1-2H3/q;+1;;;;;/b;;;6-5+;6-5-;5-3+;5-3-. The molecular weight excluding hydrogens is 621 g/mol. The Morgan fingerprint density at radius 2 is 1.14 bits per heavy atom. The Morgan fingerprint density at radius 1 is 0.720 bits per heavy atom. The Hall–Kier alpha value is -3.36. The van der Waals surface area contributed by atoms with Gasteiger partial charge >= 0.3 is 6.03 Å². The smallest absolute Gasteiger partial charge is 0.319 e. The lowest BCUT2D eigenvalue weighted by atomic mass is 10.3. The van der Waals surface area contributed by atoms with Crippen LogP contribution in [-0.4, -0.2) is 81.5 Å². The quantitative estimate of drug-likeness (QED) is 0.160. The molecule has 0 saturated carbocycles. The van der Waals surface area contributed by atoms with Gasteiger partial charge in [0, 0.05) is 45.0 Å². The van der Waals surface area contributed by atoms with E-state index in [4.69, 9.17) is 0 Å². The van der Waals surface area contributed by atoms with Gasteiger partial charge in [-0.15, -0.1) is 9.78 Å². The van der Waals surface area contributed by atoms with Gasteiger partial charge in [-0.3, -0.25) is 4.68 Å². The maximum atomic E-state index is 11.2. The van der Waals surface area contributed by atoms with Crippen molar-refractivity contribution < 1.29 is 9.48 Å². The highest BCUT2D eigenvalue weighted by Crippen LogP contribution is 2.01. The molecule has 0 N–H and O–H groups in total. The molecule has 0 fully saturated rings. The van der Waals surface area contributed by atoms with Crippen molar-refractivity contribution in [3.05, 3.63) is 60.5 Å². The normalized spacial score (nSPS) is 12.6. The third-order valence-electron chi connectivity index (χ3n) is 6.49. The van der Waals surface area contributed by atoms with Gasteiger partial charge in [0.05, 0.1) is 5.69 Å². The molecule has 2 amide bonds. The van der Waals surface area contributed by atoms with Gasteiger partial charge in [0.15, 0.2) is 0 Å². The summed E-state index contributed by atoms with van der Waals surface area (Å²) < 4.78 is 3.70. The Labute approximate surface area is 311 Å². The first kappa shape index (κ1) is 56.0. The van der Waals surface area contributed by atoms with Gasteiger partial charge in [-0.2, -0.15) is 0 Å². The largest absolute Gasteiger partial charge is 0.328 e. The zero-order valence-corrected chi connectivity index (χ0v) is 35.8. The summed E-state index contributed by atoms with van der Waals surface area (Å²) in [5.74, 6) is 0. The molecule has 2 rings (SSSR count). The van der Waals surface area contributed by atoms with Crippen molar-refractivity contribution in [1.82, 2.24) is 24.8 Å². The van der Waals surface area contributed by atoms with Crippen LogP contribution >= 0.6 is 0 Å². The zero-order chi connectivity index (χ0) is 39.4. The van der Waals surface area contributed by atoms with E-state index in [-0.39, 0.29) is 6.03 Å². The maximum Gasteiger partial charge on any atom is 0.319 e. The summed E-state index contributed by atoms with van der Waals surface area (Å²) in [6.07, 6.45) is 30.2. The molecular formula is C41H83N8O+. The van der Waals surface area contributed by atoms with E-state index in [1.54, 1.807) is 23.9 Å². The van der Waals surface area contributed by atoms with E-state index in [2.05, 4.69) is 138 Å². The Morgan fingerprint density at radius 3 is 1.32 bits per heavy atom.